The number of aromatic nitrogens is 1. The molecule has 3 aromatic rings. The maximum absolute atomic E-state index is 12.5. The van der Waals surface area contributed by atoms with Crippen LogP contribution in [0.3, 0.4) is 0 Å². The molecule has 130 valence electrons. The molecule has 0 atom stereocenters. The van der Waals surface area contributed by atoms with Crippen molar-refractivity contribution in [3.63, 3.8) is 0 Å². The molecule has 0 bridgehead atoms. The van der Waals surface area contributed by atoms with Crippen LogP contribution in [0, 0.1) is 6.92 Å². The fraction of sp³-hybridized carbons (Fsp3) is 0.0952. The zero-order valence-corrected chi connectivity index (χ0v) is 14.6. The Balaban J connectivity index is 1.74. The van der Waals surface area contributed by atoms with E-state index in [1.165, 1.54) is 18.7 Å². The van der Waals surface area contributed by atoms with Crippen molar-refractivity contribution >= 4 is 28.8 Å². The SMILES string of the molecule is CC(=O)c1cccc(NC(=O)c2cncc(Nc3ccc(C)cc3)c2)c1. The van der Waals surface area contributed by atoms with Gasteiger partial charge in [0.2, 0.25) is 0 Å². The second kappa shape index (κ2) is 7.61. The Labute approximate surface area is 152 Å². The number of pyridine rings is 1. The Morgan fingerprint density at radius 1 is 0.846 bits per heavy atom. The molecule has 2 aromatic carbocycles. The summed E-state index contributed by atoms with van der Waals surface area (Å²) in [5, 5.41) is 6.02. The third-order valence-corrected chi connectivity index (χ3v) is 3.87. The molecule has 0 spiro atoms. The smallest absolute Gasteiger partial charge is 0.257 e. The minimum Gasteiger partial charge on any atom is -0.354 e. The Bertz CT molecular complexity index is 949. The quantitative estimate of drug-likeness (QED) is 0.664. The summed E-state index contributed by atoms with van der Waals surface area (Å²) < 4.78 is 0. The molecule has 0 aliphatic carbocycles. The van der Waals surface area contributed by atoms with E-state index in [0.717, 1.165) is 11.4 Å². The van der Waals surface area contributed by atoms with Crippen molar-refractivity contribution in [2.24, 2.45) is 0 Å². The summed E-state index contributed by atoms with van der Waals surface area (Å²) in [4.78, 5) is 28.1. The number of hydrogen-bond donors (Lipinski definition) is 2. The molecule has 0 aliphatic heterocycles. The van der Waals surface area contributed by atoms with E-state index < -0.39 is 0 Å². The van der Waals surface area contributed by atoms with Crippen molar-refractivity contribution in [2.75, 3.05) is 10.6 Å². The van der Waals surface area contributed by atoms with E-state index >= 15 is 0 Å². The molecule has 1 aromatic heterocycles. The first-order valence-corrected chi connectivity index (χ1v) is 8.22. The second-order valence-electron chi connectivity index (χ2n) is 6.04. The molecule has 3 rings (SSSR count). The van der Waals surface area contributed by atoms with Crippen LogP contribution in [0.15, 0.2) is 67.0 Å². The number of aryl methyl sites for hydroxylation is 1. The number of carbonyl (C=O) groups is 2. The van der Waals surface area contributed by atoms with Crippen LogP contribution in [0.5, 0.6) is 0 Å². The maximum atomic E-state index is 12.5. The van der Waals surface area contributed by atoms with E-state index in [-0.39, 0.29) is 11.7 Å². The lowest BCUT2D eigenvalue weighted by Gasteiger charge is -2.09. The molecule has 0 radical (unpaired) electrons. The summed E-state index contributed by atoms with van der Waals surface area (Å²) in [6, 6.07) is 16.5. The largest absolute Gasteiger partial charge is 0.354 e. The van der Waals surface area contributed by atoms with Crippen LogP contribution in [-0.4, -0.2) is 16.7 Å². The molecule has 5 heteroatoms. The number of amides is 1. The Hall–Kier alpha value is -3.47. The molecule has 5 nitrogen and oxygen atoms in total. The molecular weight excluding hydrogens is 326 g/mol. The zero-order valence-electron chi connectivity index (χ0n) is 14.6. The number of hydrogen-bond acceptors (Lipinski definition) is 4. The van der Waals surface area contributed by atoms with Gasteiger partial charge >= 0.3 is 0 Å². The van der Waals surface area contributed by atoms with E-state index in [1.807, 2.05) is 31.2 Å². The highest BCUT2D eigenvalue weighted by Gasteiger charge is 2.09. The van der Waals surface area contributed by atoms with Gasteiger partial charge in [-0.2, -0.15) is 0 Å². The summed E-state index contributed by atoms with van der Waals surface area (Å²) in [5.74, 6) is -0.335. The lowest BCUT2D eigenvalue weighted by Crippen LogP contribution is -2.13. The molecule has 1 heterocycles. The third kappa shape index (κ3) is 4.33. The van der Waals surface area contributed by atoms with Gasteiger partial charge in [0.1, 0.15) is 0 Å². The van der Waals surface area contributed by atoms with E-state index in [4.69, 9.17) is 0 Å². The van der Waals surface area contributed by atoms with Crippen LogP contribution in [0.4, 0.5) is 17.1 Å². The van der Waals surface area contributed by atoms with Crippen molar-refractivity contribution in [1.29, 1.82) is 0 Å². The molecule has 26 heavy (non-hydrogen) atoms. The predicted molar refractivity (Wildman–Crippen MR) is 103 cm³/mol. The summed E-state index contributed by atoms with van der Waals surface area (Å²) in [5.41, 5.74) is 4.36. The fourth-order valence-corrected chi connectivity index (χ4v) is 2.46. The molecule has 0 saturated carbocycles. The molecule has 0 saturated heterocycles. The first-order chi connectivity index (χ1) is 12.5. The van der Waals surface area contributed by atoms with Crippen LogP contribution in [0.2, 0.25) is 0 Å². The topological polar surface area (TPSA) is 71.1 Å². The molecular formula is C21H19N3O2. The average Bonchev–Trinajstić information content (AvgIpc) is 2.64. The highest BCUT2D eigenvalue weighted by Crippen LogP contribution is 2.18. The number of Topliss-reactive ketones (excluding diaryl/α,β-unsaturated/α-hetero) is 1. The van der Waals surface area contributed by atoms with Crippen molar-refractivity contribution in [1.82, 2.24) is 4.98 Å². The lowest BCUT2D eigenvalue weighted by atomic mass is 10.1. The average molecular weight is 345 g/mol. The van der Waals surface area contributed by atoms with Gasteiger partial charge in [0, 0.05) is 23.1 Å². The van der Waals surface area contributed by atoms with Gasteiger partial charge in [-0.1, -0.05) is 29.8 Å². The molecule has 0 unspecified atom stereocenters. The van der Waals surface area contributed by atoms with Gasteiger partial charge in [0.05, 0.1) is 17.4 Å². The number of nitrogens with zero attached hydrogens (tertiary/aromatic N) is 1. The van der Waals surface area contributed by atoms with Crippen LogP contribution in [-0.2, 0) is 0 Å². The number of rotatable bonds is 5. The number of nitrogens with one attached hydrogen (secondary N) is 2. The van der Waals surface area contributed by atoms with Crippen LogP contribution < -0.4 is 10.6 Å². The minimum absolute atomic E-state index is 0.0490. The van der Waals surface area contributed by atoms with Crippen LogP contribution >= 0.6 is 0 Å². The number of anilines is 3. The van der Waals surface area contributed by atoms with Gasteiger partial charge in [-0.25, -0.2) is 0 Å². The van der Waals surface area contributed by atoms with Crippen molar-refractivity contribution in [3.8, 4) is 0 Å². The monoisotopic (exact) mass is 345 g/mol. The van der Waals surface area contributed by atoms with Gasteiger partial charge in [0.25, 0.3) is 5.91 Å². The first-order valence-electron chi connectivity index (χ1n) is 8.22. The summed E-state index contributed by atoms with van der Waals surface area (Å²) in [6.07, 6.45) is 3.16. The Kier molecular flexibility index (Phi) is 5.08. The minimum atomic E-state index is -0.286. The molecule has 1 amide bonds. The van der Waals surface area contributed by atoms with Crippen LogP contribution in [0.1, 0.15) is 33.2 Å². The first kappa shape index (κ1) is 17.4. The molecule has 0 fully saturated rings. The third-order valence-electron chi connectivity index (χ3n) is 3.87. The summed E-state index contributed by atoms with van der Waals surface area (Å²) in [7, 11) is 0. The van der Waals surface area contributed by atoms with Gasteiger partial charge in [-0.3, -0.25) is 14.6 Å². The van der Waals surface area contributed by atoms with E-state index in [1.54, 1.807) is 36.5 Å². The highest BCUT2D eigenvalue weighted by molar-refractivity contribution is 6.05. The molecule has 2 N–H and O–H groups in total. The highest BCUT2D eigenvalue weighted by atomic mass is 16.1. The Morgan fingerprint density at radius 2 is 1.58 bits per heavy atom. The molecule has 0 aliphatic rings. The predicted octanol–water partition coefficient (Wildman–Crippen LogP) is 4.59. The maximum Gasteiger partial charge on any atom is 0.257 e. The van der Waals surface area contributed by atoms with Crippen molar-refractivity contribution in [3.05, 3.63) is 83.7 Å². The lowest BCUT2D eigenvalue weighted by molar-refractivity contribution is 0.101. The number of carbonyl (C=O) groups excluding carboxylic acids is 2. The van der Waals surface area contributed by atoms with Crippen molar-refractivity contribution in [2.45, 2.75) is 13.8 Å². The Morgan fingerprint density at radius 3 is 2.31 bits per heavy atom. The number of benzene rings is 2. The standard InChI is InChI=1S/C21H19N3O2/c1-14-6-8-18(9-7-14)23-20-11-17(12-22-13-20)21(26)24-19-5-3-4-16(10-19)15(2)25/h3-13,23H,1-2H3,(H,24,26). The fourth-order valence-electron chi connectivity index (χ4n) is 2.46. The van der Waals surface area contributed by atoms with E-state index in [9.17, 15) is 9.59 Å². The summed E-state index contributed by atoms with van der Waals surface area (Å²) in [6.45, 7) is 3.52. The summed E-state index contributed by atoms with van der Waals surface area (Å²) >= 11 is 0. The van der Waals surface area contributed by atoms with E-state index in [0.29, 0.717) is 16.8 Å². The van der Waals surface area contributed by atoms with Gasteiger partial charge in [-0.05, 0) is 44.2 Å². The zero-order chi connectivity index (χ0) is 18.5. The van der Waals surface area contributed by atoms with E-state index in [2.05, 4.69) is 15.6 Å². The van der Waals surface area contributed by atoms with Crippen molar-refractivity contribution < 1.29 is 9.59 Å². The van der Waals surface area contributed by atoms with Gasteiger partial charge in [-0.15, -0.1) is 0 Å². The van der Waals surface area contributed by atoms with Gasteiger partial charge < -0.3 is 10.6 Å². The second-order valence-corrected chi connectivity index (χ2v) is 6.04. The van der Waals surface area contributed by atoms with Crippen LogP contribution in [0.25, 0.3) is 0 Å². The van der Waals surface area contributed by atoms with Gasteiger partial charge in [0.15, 0.2) is 5.78 Å². The normalized spacial score (nSPS) is 10.2. The number of ketones is 1.